The van der Waals surface area contributed by atoms with Gasteiger partial charge in [0.1, 0.15) is 10.6 Å². The minimum absolute atomic E-state index is 0.0419. The largest absolute Gasteiger partial charge is 0.495 e. The molecular formula is C19H30N2O4S. The van der Waals surface area contributed by atoms with Gasteiger partial charge in [-0.15, -0.1) is 0 Å². The molecule has 1 aliphatic rings. The van der Waals surface area contributed by atoms with Crippen LogP contribution in [0.4, 0.5) is 0 Å². The summed E-state index contributed by atoms with van der Waals surface area (Å²) >= 11 is 0. The number of methoxy groups -OCH3 is 1. The second-order valence-electron chi connectivity index (χ2n) is 6.85. The van der Waals surface area contributed by atoms with Crippen molar-refractivity contribution in [2.24, 2.45) is 0 Å². The summed E-state index contributed by atoms with van der Waals surface area (Å²) in [7, 11) is -2.25. The zero-order valence-corrected chi connectivity index (χ0v) is 16.8. The molecule has 146 valence electrons. The normalized spacial score (nSPS) is 17.3. The average Bonchev–Trinajstić information content (AvgIpc) is 2.91. The molecule has 2 rings (SSSR count). The molecule has 1 aromatic carbocycles. The van der Waals surface area contributed by atoms with Gasteiger partial charge in [0.05, 0.1) is 7.11 Å². The van der Waals surface area contributed by atoms with E-state index in [1.807, 2.05) is 6.92 Å². The van der Waals surface area contributed by atoms with E-state index in [-0.39, 0.29) is 22.6 Å². The van der Waals surface area contributed by atoms with E-state index in [9.17, 15) is 13.2 Å². The molecule has 0 saturated carbocycles. The Morgan fingerprint density at radius 2 is 1.88 bits per heavy atom. The van der Waals surface area contributed by atoms with Crippen LogP contribution >= 0.6 is 0 Å². The molecule has 0 aromatic heterocycles. The van der Waals surface area contributed by atoms with Crippen LogP contribution < -0.4 is 10.1 Å². The van der Waals surface area contributed by atoms with Crippen LogP contribution in [0.15, 0.2) is 23.1 Å². The third kappa shape index (κ3) is 4.98. The van der Waals surface area contributed by atoms with Gasteiger partial charge < -0.3 is 10.1 Å². The first-order chi connectivity index (χ1) is 12.4. The van der Waals surface area contributed by atoms with Gasteiger partial charge >= 0.3 is 0 Å². The van der Waals surface area contributed by atoms with Crippen LogP contribution in [0.1, 0.15) is 62.7 Å². The number of carbonyl (C=O) groups excluding carboxylic acids is 1. The summed E-state index contributed by atoms with van der Waals surface area (Å²) in [6.45, 7) is 5.02. The van der Waals surface area contributed by atoms with Crippen molar-refractivity contribution in [3.8, 4) is 5.75 Å². The van der Waals surface area contributed by atoms with Crippen molar-refractivity contribution < 1.29 is 17.9 Å². The lowest BCUT2D eigenvalue weighted by Crippen LogP contribution is -2.34. The maximum atomic E-state index is 13.1. The van der Waals surface area contributed by atoms with Crippen LogP contribution in [-0.4, -0.2) is 44.9 Å². The highest BCUT2D eigenvalue weighted by molar-refractivity contribution is 7.89. The van der Waals surface area contributed by atoms with E-state index in [0.717, 1.165) is 38.5 Å². The monoisotopic (exact) mass is 382 g/mol. The molecule has 0 radical (unpaired) electrons. The molecular weight excluding hydrogens is 352 g/mol. The molecule has 1 saturated heterocycles. The minimum Gasteiger partial charge on any atom is -0.495 e. The number of hydrogen-bond acceptors (Lipinski definition) is 4. The summed E-state index contributed by atoms with van der Waals surface area (Å²) in [6, 6.07) is 4.64. The molecule has 6 nitrogen and oxygen atoms in total. The first-order valence-corrected chi connectivity index (χ1v) is 10.8. The smallest absolute Gasteiger partial charge is 0.251 e. The van der Waals surface area contributed by atoms with Crippen molar-refractivity contribution in [1.82, 2.24) is 9.62 Å². The Morgan fingerprint density at radius 3 is 2.46 bits per heavy atom. The maximum absolute atomic E-state index is 13.1. The summed E-state index contributed by atoms with van der Waals surface area (Å²) in [5.41, 5.74) is 0.335. The molecule has 7 heteroatoms. The number of amides is 1. The third-order valence-electron chi connectivity index (χ3n) is 4.71. The standard InChI is InChI=1S/C19H30N2O4S/c1-4-9-15(2)20-19(22)16-10-11-17(25-3)18(14-16)26(23,24)21-12-7-5-6-8-13-21/h10-11,14-15H,4-9,12-13H2,1-3H3,(H,20,22)/t15-/m1/s1. The number of hydrogen-bond donors (Lipinski definition) is 1. The van der Waals surface area contributed by atoms with Gasteiger partial charge in [-0.25, -0.2) is 8.42 Å². The van der Waals surface area contributed by atoms with Gasteiger partial charge in [-0.2, -0.15) is 4.31 Å². The number of ether oxygens (including phenoxy) is 1. The van der Waals surface area contributed by atoms with Crippen LogP contribution in [0.25, 0.3) is 0 Å². The molecule has 1 N–H and O–H groups in total. The number of benzene rings is 1. The van der Waals surface area contributed by atoms with Crippen molar-refractivity contribution >= 4 is 15.9 Å². The number of nitrogens with one attached hydrogen (secondary N) is 1. The highest BCUT2D eigenvalue weighted by Crippen LogP contribution is 2.29. The highest BCUT2D eigenvalue weighted by Gasteiger charge is 2.29. The second kappa shape index (κ2) is 9.37. The van der Waals surface area contributed by atoms with Gasteiger partial charge in [0.2, 0.25) is 10.0 Å². The van der Waals surface area contributed by atoms with Gasteiger partial charge in [0, 0.05) is 24.7 Å². The Labute approximate surface area is 157 Å². The van der Waals surface area contributed by atoms with E-state index in [4.69, 9.17) is 4.74 Å². The Bertz CT molecular complexity index is 710. The summed E-state index contributed by atoms with van der Waals surface area (Å²) in [5, 5.41) is 2.91. The van der Waals surface area contributed by atoms with Gasteiger partial charge in [-0.05, 0) is 44.4 Å². The SMILES string of the molecule is CCC[C@@H](C)NC(=O)c1ccc(OC)c(S(=O)(=O)N2CCCCCC2)c1. The summed E-state index contributed by atoms with van der Waals surface area (Å²) in [6.07, 6.45) is 5.65. The molecule has 1 atom stereocenters. The van der Waals surface area contributed by atoms with Crippen LogP contribution in [0.2, 0.25) is 0 Å². The average molecular weight is 383 g/mol. The van der Waals surface area contributed by atoms with Crippen LogP contribution in [0, 0.1) is 0 Å². The van der Waals surface area contributed by atoms with Crippen molar-refractivity contribution in [1.29, 1.82) is 0 Å². The zero-order chi connectivity index (χ0) is 19.2. The quantitative estimate of drug-likeness (QED) is 0.786. The predicted octanol–water partition coefficient (Wildman–Crippen LogP) is 3.18. The molecule has 1 fully saturated rings. The number of nitrogens with zero attached hydrogens (tertiary/aromatic N) is 1. The third-order valence-corrected chi connectivity index (χ3v) is 6.63. The zero-order valence-electron chi connectivity index (χ0n) is 16.0. The van der Waals surface area contributed by atoms with E-state index in [1.165, 1.54) is 17.5 Å². The van der Waals surface area contributed by atoms with E-state index in [2.05, 4.69) is 12.2 Å². The molecule has 0 spiro atoms. The van der Waals surface area contributed by atoms with E-state index < -0.39 is 10.0 Å². The summed E-state index contributed by atoms with van der Waals surface area (Å²) < 4.78 is 33.1. The Kier molecular flexibility index (Phi) is 7.46. The fourth-order valence-electron chi connectivity index (χ4n) is 3.25. The second-order valence-corrected chi connectivity index (χ2v) is 8.75. The molecule has 0 aliphatic carbocycles. The van der Waals surface area contributed by atoms with Gasteiger partial charge in [-0.1, -0.05) is 26.2 Å². The van der Waals surface area contributed by atoms with Gasteiger partial charge in [-0.3, -0.25) is 4.79 Å². The number of sulfonamides is 1. The molecule has 0 bridgehead atoms. The van der Waals surface area contributed by atoms with Crippen LogP contribution in [0.5, 0.6) is 5.75 Å². The van der Waals surface area contributed by atoms with Crippen molar-refractivity contribution in [2.45, 2.75) is 63.3 Å². The Hall–Kier alpha value is -1.60. The minimum atomic E-state index is -3.69. The molecule has 1 amide bonds. The van der Waals surface area contributed by atoms with E-state index in [1.54, 1.807) is 12.1 Å². The summed E-state index contributed by atoms with van der Waals surface area (Å²) in [4.78, 5) is 12.5. The topological polar surface area (TPSA) is 75.7 Å². The van der Waals surface area contributed by atoms with Crippen molar-refractivity contribution in [3.05, 3.63) is 23.8 Å². The molecule has 0 unspecified atom stereocenters. The molecule has 26 heavy (non-hydrogen) atoms. The maximum Gasteiger partial charge on any atom is 0.251 e. The van der Waals surface area contributed by atoms with Crippen molar-refractivity contribution in [3.63, 3.8) is 0 Å². The fourth-order valence-corrected chi connectivity index (χ4v) is 4.95. The van der Waals surface area contributed by atoms with E-state index >= 15 is 0 Å². The van der Waals surface area contributed by atoms with Gasteiger partial charge in [0.25, 0.3) is 5.91 Å². The Balaban J connectivity index is 2.32. The first-order valence-electron chi connectivity index (χ1n) is 9.39. The van der Waals surface area contributed by atoms with E-state index in [0.29, 0.717) is 18.7 Å². The van der Waals surface area contributed by atoms with Gasteiger partial charge in [0.15, 0.2) is 0 Å². The highest BCUT2D eigenvalue weighted by atomic mass is 32.2. The predicted molar refractivity (Wildman–Crippen MR) is 102 cm³/mol. The van der Waals surface area contributed by atoms with Crippen molar-refractivity contribution in [2.75, 3.05) is 20.2 Å². The first kappa shape index (κ1) is 20.7. The number of rotatable bonds is 7. The lowest BCUT2D eigenvalue weighted by Gasteiger charge is -2.22. The lowest BCUT2D eigenvalue weighted by molar-refractivity contribution is 0.0938. The molecule has 1 heterocycles. The lowest BCUT2D eigenvalue weighted by atomic mass is 10.1. The molecule has 1 aromatic rings. The summed E-state index contributed by atoms with van der Waals surface area (Å²) in [5.74, 6) is 0.00771. The van der Waals surface area contributed by atoms with Crippen LogP contribution in [-0.2, 0) is 10.0 Å². The molecule has 1 aliphatic heterocycles. The van der Waals surface area contributed by atoms with Crippen LogP contribution in [0.3, 0.4) is 0 Å². The fraction of sp³-hybridized carbons (Fsp3) is 0.632. The Morgan fingerprint density at radius 1 is 1.23 bits per heavy atom. The number of carbonyl (C=O) groups is 1.